The summed E-state index contributed by atoms with van der Waals surface area (Å²) >= 11 is 0. The molecule has 29 heavy (non-hydrogen) atoms. The van der Waals surface area contributed by atoms with Gasteiger partial charge in [-0.05, 0) is 36.8 Å². The van der Waals surface area contributed by atoms with E-state index >= 15 is 0 Å². The van der Waals surface area contributed by atoms with Gasteiger partial charge in [0.15, 0.2) is 0 Å². The normalized spacial score (nSPS) is 15.4. The van der Waals surface area contributed by atoms with Crippen molar-refractivity contribution < 1.29 is 18.0 Å². The molecule has 0 atom stereocenters. The predicted octanol–water partition coefficient (Wildman–Crippen LogP) is 1.36. The van der Waals surface area contributed by atoms with Crippen molar-refractivity contribution in [1.82, 2.24) is 15.3 Å². The standard InChI is InChI=1S/C19H19N5O4S/c25-18(20-12-17-22-15-7-1-2-8-16(15)23-17)19(26)21-13-5-3-6-14(11-13)24-9-4-10-29(24,27)28/h1-3,5-8,11H,4,9-10,12H2,(H,20,25)(H,21,26)(H,22,23). The number of carbonyl (C=O) groups excluding carboxylic acids is 2. The Kier molecular flexibility index (Phi) is 4.93. The first-order valence-electron chi connectivity index (χ1n) is 9.06. The molecule has 0 spiro atoms. The van der Waals surface area contributed by atoms with Gasteiger partial charge in [0, 0.05) is 12.2 Å². The van der Waals surface area contributed by atoms with E-state index in [4.69, 9.17) is 0 Å². The van der Waals surface area contributed by atoms with Crippen LogP contribution >= 0.6 is 0 Å². The summed E-state index contributed by atoms with van der Waals surface area (Å²) in [5, 5.41) is 5.00. The van der Waals surface area contributed by atoms with Crippen molar-refractivity contribution in [2.24, 2.45) is 0 Å². The van der Waals surface area contributed by atoms with Crippen LogP contribution in [0.25, 0.3) is 11.0 Å². The number of hydrogen-bond acceptors (Lipinski definition) is 5. The lowest BCUT2D eigenvalue weighted by Crippen LogP contribution is -2.35. The van der Waals surface area contributed by atoms with Gasteiger partial charge < -0.3 is 15.6 Å². The van der Waals surface area contributed by atoms with Crippen LogP contribution in [0.2, 0.25) is 0 Å². The van der Waals surface area contributed by atoms with Crippen LogP contribution in [0, 0.1) is 0 Å². The van der Waals surface area contributed by atoms with E-state index in [1.54, 1.807) is 18.2 Å². The Balaban J connectivity index is 1.38. The number of nitrogens with one attached hydrogen (secondary N) is 3. The maximum atomic E-state index is 12.2. The van der Waals surface area contributed by atoms with E-state index in [1.807, 2.05) is 24.3 Å². The number of nitrogens with zero attached hydrogens (tertiary/aromatic N) is 2. The van der Waals surface area contributed by atoms with Crippen molar-refractivity contribution in [3.8, 4) is 0 Å². The SMILES string of the molecule is O=C(NCc1nc2ccccc2[nH]1)C(=O)Nc1cccc(N2CCCS2(=O)=O)c1. The first kappa shape index (κ1) is 18.9. The van der Waals surface area contributed by atoms with Crippen molar-refractivity contribution in [2.75, 3.05) is 21.9 Å². The highest BCUT2D eigenvalue weighted by atomic mass is 32.2. The number of imidazole rings is 1. The zero-order valence-electron chi connectivity index (χ0n) is 15.4. The largest absolute Gasteiger partial charge is 0.341 e. The number of carbonyl (C=O) groups is 2. The summed E-state index contributed by atoms with van der Waals surface area (Å²) in [6, 6.07) is 13.9. The minimum absolute atomic E-state index is 0.0764. The van der Waals surface area contributed by atoms with Crippen LogP contribution in [0.3, 0.4) is 0 Å². The second-order valence-corrected chi connectivity index (χ2v) is 8.64. The Bertz CT molecular complexity index is 1160. The maximum Gasteiger partial charge on any atom is 0.313 e. The summed E-state index contributed by atoms with van der Waals surface area (Å²) in [6.07, 6.45) is 0.559. The van der Waals surface area contributed by atoms with Crippen LogP contribution in [-0.2, 0) is 26.2 Å². The van der Waals surface area contributed by atoms with Gasteiger partial charge in [-0.2, -0.15) is 0 Å². The summed E-state index contributed by atoms with van der Waals surface area (Å²) < 4.78 is 25.4. The van der Waals surface area contributed by atoms with Crippen molar-refractivity contribution in [1.29, 1.82) is 0 Å². The molecule has 4 rings (SSSR count). The molecule has 1 aliphatic heterocycles. The third-order valence-corrected chi connectivity index (χ3v) is 6.42. The molecule has 0 unspecified atom stereocenters. The topological polar surface area (TPSA) is 124 Å². The van der Waals surface area contributed by atoms with Gasteiger partial charge in [0.2, 0.25) is 10.0 Å². The molecule has 0 aliphatic carbocycles. The number of aromatic nitrogens is 2. The highest BCUT2D eigenvalue weighted by molar-refractivity contribution is 7.93. The van der Waals surface area contributed by atoms with E-state index in [0.29, 0.717) is 30.2 Å². The number of fused-ring (bicyclic) bond motifs is 1. The number of para-hydroxylation sites is 2. The lowest BCUT2D eigenvalue weighted by atomic mass is 10.2. The van der Waals surface area contributed by atoms with Gasteiger partial charge in [-0.25, -0.2) is 13.4 Å². The lowest BCUT2D eigenvalue weighted by Gasteiger charge is -2.17. The van der Waals surface area contributed by atoms with E-state index in [9.17, 15) is 18.0 Å². The Labute approximate surface area is 167 Å². The molecule has 1 aromatic heterocycles. The van der Waals surface area contributed by atoms with Gasteiger partial charge >= 0.3 is 11.8 Å². The number of aromatic amines is 1. The van der Waals surface area contributed by atoms with Crippen molar-refractivity contribution in [2.45, 2.75) is 13.0 Å². The quantitative estimate of drug-likeness (QED) is 0.557. The molecule has 2 heterocycles. The van der Waals surface area contributed by atoms with Crippen molar-refractivity contribution in [3.05, 3.63) is 54.4 Å². The van der Waals surface area contributed by atoms with Crippen LogP contribution in [0.4, 0.5) is 11.4 Å². The van der Waals surface area contributed by atoms with Gasteiger partial charge in [-0.15, -0.1) is 0 Å². The van der Waals surface area contributed by atoms with Crippen LogP contribution < -0.4 is 14.9 Å². The molecule has 2 amide bonds. The zero-order valence-corrected chi connectivity index (χ0v) is 16.2. The third kappa shape index (κ3) is 4.06. The molecule has 1 saturated heterocycles. The Morgan fingerprint density at radius 3 is 2.69 bits per heavy atom. The van der Waals surface area contributed by atoms with E-state index in [-0.39, 0.29) is 12.3 Å². The summed E-state index contributed by atoms with van der Waals surface area (Å²) in [5.74, 6) is -1.02. The van der Waals surface area contributed by atoms with Crippen LogP contribution in [0.1, 0.15) is 12.2 Å². The number of sulfonamides is 1. The Hall–Kier alpha value is -3.40. The monoisotopic (exact) mass is 413 g/mol. The Morgan fingerprint density at radius 2 is 1.93 bits per heavy atom. The van der Waals surface area contributed by atoms with Gasteiger partial charge in [0.25, 0.3) is 0 Å². The molecule has 9 nitrogen and oxygen atoms in total. The number of hydrogen-bond donors (Lipinski definition) is 3. The lowest BCUT2D eigenvalue weighted by molar-refractivity contribution is -0.136. The molecule has 10 heteroatoms. The third-order valence-electron chi connectivity index (χ3n) is 4.55. The van der Waals surface area contributed by atoms with Gasteiger partial charge in [0.05, 0.1) is 29.0 Å². The smallest absolute Gasteiger partial charge is 0.313 e. The number of rotatable bonds is 4. The van der Waals surface area contributed by atoms with Crippen LogP contribution in [0.15, 0.2) is 48.5 Å². The average molecular weight is 413 g/mol. The van der Waals surface area contributed by atoms with E-state index < -0.39 is 21.8 Å². The molecule has 3 aromatic rings. The van der Waals surface area contributed by atoms with E-state index in [0.717, 1.165) is 11.0 Å². The highest BCUT2D eigenvalue weighted by Gasteiger charge is 2.28. The highest BCUT2D eigenvalue weighted by Crippen LogP contribution is 2.26. The summed E-state index contributed by atoms with van der Waals surface area (Å²) in [5.41, 5.74) is 2.42. The Morgan fingerprint density at radius 1 is 1.10 bits per heavy atom. The predicted molar refractivity (Wildman–Crippen MR) is 109 cm³/mol. The maximum absolute atomic E-state index is 12.2. The van der Waals surface area contributed by atoms with Crippen molar-refractivity contribution in [3.63, 3.8) is 0 Å². The number of H-pyrrole nitrogens is 1. The fourth-order valence-corrected chi connectivity index (χ4v) is 4.75. The van der Waals surface area contributed by atoms with E-state index in [1.165, 1.54) is 10.4 Å². The van der Waals surface area contributed by atoms with Crippen LogP contribution in [0.5, 0.6) is 0 Å². The molecule has 1 aliphatic rings. The molecule has 0 bridgehead atoms. The number of amides is 2. The fraction of sp³-hybridized carbons (Fsp3) is 0.211. The molecular formula is C19H19N5O4S. The zero-order chi connectivity index (χ0) is 20.4. The number of benzene rings is 2. The second kappa shape index (κ2) is 7.55. The summed E-state index contributed by atoms with van der Waals surface area (Å²) in [6.45, 7) is 0.477. The van der Waals surface area contributed by atoms with Gasteiger partial charge in [0.1, 0.15) is 5.82 Å². The summed E-state index contributed by atoms with van der Waals surface area (Å²) in [7, 11) is -3.32. The molecule has 1 fully saturated rings. The molecule has 3 N–H and O–H groups in total. The summed E-state index contributed by atoms with van der Waals surface area (Å²) in [4.78, 5) is 31.7. The van der Waals surface area contributed by atoms with Gasteiger partial charge in [-0.1, -0.05) is 18.2 Å². The molecular weight excluding hydrogens is 394 g/mol. The second-order valence-electron chi connectivity index (χ2n) is 6.63. The van der Waals surface area contributed by atoms with Gasteiger partial charge in [-0.3, -0.25) is 13.9 Å². The first-order chi connectivity index (χ1) is 13.9. The fourth-order valence-electron chi connectivity index (χ4n) is 3.19. The molecule has 0 radical (unpaired) electrons. The van der Waals surface area contributed by atoms with Crippen molar-refractivity contribution >= 4 is 44.2 Å². The molecule has 150 valence electrons. The molecule has 2 aromatic carbocycles. The number of anilines is 2. The minimum atomic E-state index is -3.32. The molecule has 0 saturated carbocycles. The van der Waals surface area contributed by atoms with Crippen LogP contribution in [-0.4, -0.2) is 42.5 Å². The first-order valence-corrected chi connectivity index (χ1v) is 10.7. The minimum Gasteiger partial charge on any atom is -0.341 e. The van der Waals surface area contributed by atoms with E-state index in [2.05, 4.69) is 20.6 Å². The average Bonchev–Trinajstić information content (AvgIpc) is 3.28.